The molecule has 1 aromatic heterocycles. The number of hydrogen-bond acceptors (Lipinski definition) is 6. The van der Waals surface area contributed by atoms with Gasteiger partial charge in [0.1, 0.15) is 12.4 Å². The number of sulfonamides is 1. The fourth-order valence-electron chi connectivity index (χ4n) is 5.06. The summed E-state index contributed by atoms with van der Waals surface area (Å²) in [5.74, 6) is -1.65. The number of nitrogens with zero attached hydrogens (tertiary/aromatic N) is 2. The minimum Gasteiger partial charge on any atom is -0.364 e. The summed E-state index contributed by atoms with van der Waals surface area (Å²) < 4.78 is 49.5. The van der Waals surface area contributed by atoms with Crippen molar-refractivity contribution < 1.29 is 31.4 Å². The summed E-state index contributed by atoms with van der Waals surface area (Å²) in [7, 11) is -2.49. The van der Waals surface area contributed by atoms with Gasteiger partial charge in [0.25, 0.3) is 15.9 Å². The minimum absolute atomic E-state index is 0.0120. The highest BCUT2D eigenvalue weighted by Crippen LogP contribution is 2.33. The van der Waals surface area contributed by atoms with Crippen molar-refractivity contribution in [2.75, 3.05) is 11.8 Å². The third-order valence-electron chi connectivity index (χ3n) is 7.25. The maximum absolute atomic E-state index is 15.7. The van der Waals surface area contributed by atoms with Gasteiger partial charge in [0, 0.05) is 28.2 Å². The maximum atomic E-state index is 15.7. The molecule has 3 aromatic rings. The first-order valence-corrected chi connectivity index (χ1v) is 14.7. The quantitative estimate of drug-likeness (QED) is 0.291. The van der Waals surface area contributed by atoms with Crippen molar-refractivity contribution in [2.24, 2.45) is 11.7 Å². The van der Waals surface area contributed by atoms with E-state index in [1.54, 1.807) is 39.1 Å². The monoisotopic (exact) mass is 573 g/mol. The molecule has 0 saturated carbocycles. The van der Waals surface area contributed by atoms with Crippen LogP contribution in [0.5, 0.6) is 0 Å². The zero-order chi connectivity index (χ0) is 29.8. The van der Waals surface area contributed by atoms with Crippen LogP contribution >= 0.6 is 0 Å². The number of primary amides is 1. The van der Waals surface area contributed by atoms with Crippen LogP contribution < -0.4 is 10.5 Å². The zero-order valence-electron chi connectivity index (χ0n) is 23.8. The lowest BCUT2D eigenvalue weighted by molar-refractivity contribution is -0.868. The smallest absolute Gasteiger partial charge is 0.314 e. The molecule has 216 valence electrons. The van der Waals surface area contributed by atoms with Crippen molar-refractivity contribution in [3.63, 3.8) is 0 Å². The molecule has 40 heavy (non-hydrogen) atoms. The van der Waals surface area contributed by atoms with E-state index in [9.17, 15) is 18.0 Å². The Balaban J connectivity index is 2.02. The molecular formula is C29H38FN4O5S+. The molecule has 1 heterocycles. The number of quaternary nitrogens is 1. The SMILES string of the molecule is CCCCC(=O)[N+](C)(Cc1ccc(-c2ccccc2S(=O)(=O)Nc2onc(C)c2C)c(F)c1)[C@H](C(N)=O)C(C)C. The van der Waals surface area contributed by atoms with Crippen molar-refractivity contribution in [3.8, 4) is 11.1 Å². The molecule has 0 saturated heterocycles. The number of aryl methyl sites for hydroxylation is 1. The molecule has 0 aliphatic carbocycles. The van der Waals surface area contributed by atoms with Crippen LogP contribution in [-0.2, 0) is 26.2 Å². The van der Waals surface area contributed by atoms with Crippen molar-refractivity contribution in [3.05, 3.63) is 65.1 Å². The molecule has 0 bridgehead atoms. The third kappa shape index (κ3) is 6.42. The second-order valence-electron chi connectivity index (χ2n) is 10.7. The highest BCUT2D eigenvalue weighted by molar-refractivity contribution is 7.92. The van der Waals surface area contributed by atoms with Gasteiger partial charge in [-0.15, -0.1) is 0 Å². The summed E-state index contributed by atoms with van der Waals surface area (Å²) in [6, 6.07) is 9.66. The second kappa shape index (κ2) is 12.3. The van der Waals surface area contributed by atoms with E-state index in [4.69, 9.17) is 10.3 Å². The van der Waals surface area contributed by atoms with Crippen molar-refractivity contribution in [1.82, 2.24) is 5.16 Å². The van der Waals surface area contributed by atoms with E-state index >= 15 is 4.39 Å². The first-order valence-electron chi connectivity index (χ1n) is 13.2. The van der Waals surface area contributed by atoms with E-state index < -0.39 is 27.8 Å². The number of amides is 2. The number of nitrogens with two attached hydrogens (primary N) is 1. The molecule has 0 aliphatic heterocycles. The number of carbonyl (C=O) groups is 2. The van der Waals surface area contributed by atoms with Crippen LogP contribution in [0.4, 0.5) is 10.3 Å². The van der Waals surface area contributed by atoms with Crippen LogP contribution in [-0.4, -0.2) is 43.0 Å². The Bertz CT molecular complexity index is 1500. The van der Waals surface area contributed by atoms with Gasteiger partial charge in [-0.05, 0) is 32.4 Å². The highest BCUT2D eigenvalue weighted by atomic mass is 32.2. The predicted molar refractivity (Wildman–Crippen MR) is 151 cm³/mol. The number of hydrogen-bond donors (Lipinski definition) is 2. The van der Waals surface area contributed by atoms with Gasteiger partial charge in [-0.25, -0.2) is 26.8 Å². The standard InChI is InChI=1S/C29H37FN4O5S/c1-7-8-13-26(35)34(6,27(18(2)3)28(31)36)17-21-14-15-22(24(30)16-21)23-11-9-10-12-25(23)40(37,38)33-29-19(4)20(5)32-39-29/h9-12,14-16,18,27H,7-8,13,17H2,1-6H3,(H2-,31,32,33,36)/p+1/t27-,34?/m0/s1. The lowest BCUT2D eigenvalue weighted by Crippen LogP contribution is -2.62. The predicted octanol–water partition coefficient (Wildman–Crippen LogP) is 5.07. The molecule has 9 nitrogen and oxygen atoms in total. The van der Waals surface area contributed by atoms with Gasteiger partial charge in [0.15, 0.2) is 6.04 Å². The molecule has 2 amide bonds. The zero-order valence-corrected chi connectivity index (χ0v) is 24.6. The molecule has 0 spiro atoms. The van der Waals surface area contributed by atoms with Gasteiger partial charge >= 0.3 is 5.91 Å². The van der Waals surface area contributed by atoms with Gasteiger partial charge in [-0.2, -0.15) is 0 Å². The summed E-state index contributed by atoms with van der Waals surface area (Å²) in [6.45, 7) is 9.05. The Kier molecular flexibility index (Phi) is 9.52. The number of unbranched alkanes of at least 4 members (excludes halogenated alkanes) is 1. The van der Waals surface area contributed by atoms with Crippen LogP contribution in [0.1, 0.15) is 56.9 Å². The fraction of sp³-hybridized carbons (Fsp3) is 0.414. The lowest BCUT2D eigenvalue weighted by atomic mass is 9.96. The van der Waals surface area contributed by atoms with Gasteiger partial charge in [-0.1, -0.05) is 62.7 Å². The van der Waals surface area contributed by atoms with E-state index in [1.165, 1.54) is 24.3 Å². The molecule has 2 atom stereocenters. The summed E-state index contributed by atoms with van der Waals surface area (Å²) in [5, 5.41) is 3.77. The summed E-state index contributed by atoms with van der Waals surface area (Å²) in [5.41, 5.74) is 7.53. The Morgan fingerprint density at radius 2 is 1.80 bits per heavy atom. The van der Waals surface area contributed by atoms with Crippen molar-refractivity contribution >= 4 is 27.7 Å². The molecule has 1 unspecified atom stereocenters. The average Bonchev–Trinajstić information content (AvgIpc) is 3.18. The van der Waals surface area contributed by atoms with Crippen molar-refractivity contribution in [2.45, 2.75) is 71.4 Å². The number of rotatable bonds is 12. The molecule has 0 aliphatic rings. The lowest BCUT2D eigenvalue weighted by Gasteiger charge is -2.39. The van der Waals surface area contributed by atoms with E-state index in [0.717, 1.165) is 6.42 Å². The van der Waals surface area contributed by atoms with Crippen LogP contribution in [0.15, 0.2) is 51.9 Å². The Morgan fingerprint density at radius 1 is 1.12 bits per heavy atom. The van der Waals surface area contributed by atoms with Gasteiger partial charge in [0.2, 0.25) is 5.88 Å². The number of anilines is 1. The van der Waals surface area contributed by atoms with Gasteiger partial charge in [-0.3, -0.25) is 4.79 Å². The van der Waals surface area contributed by atoms with E-state index in [1.807, 2.05) is 20.8 Å². The topological polar surface area (TPSA) is 132 Å². The largest absolute Gasteiger partial charge is 0.364 e. The van der Waals surface area contributed by atoms with E-state index in [-0.39, 0.29) is 51.2 Å². The van der Waals surface area contributed by atoms with E-state index in [0.29, 0.717) is 23.2 Å². The maximum Gasteiger partial charge on any atom is 0.314 e. The summed E-state index contributed by atoms with van der Waals surface area (Å²) >= 11 is 0. The van der Waals surface area contributed by atoms with Crippen LogP contribution in [0.2, 0.25) is 0 Å². The van der Waals surface area contributed by atoms with Crippen LogP contribution in [0.25, 0.3) is 11.1 Å². The average molecular weight is 574 g/mol. The Morgan fingerprint density at radius 3 is 2.35 bits per heavy atom. The minimum atomic E-state index is -4.16. The number of nitrogens with one attached hydrogen (secondary N) is 1. The number of benzene rings is 2. The Labute approximate surface area is 235 Å². The summed E-state index contributed by atoms with van der Waals surface area (Å²) in [6.07, 6.45) is 1.74. The van der Waals surface area contributed by atoms with Crippen LogP contribution in [0, 0.1) is 25.6 Å². The molecule has 3 N–H and O–H groups in total. The van der Waals surface area contributed by atoms with Gasteiger partial charge in [0.05, 0.1) is 24.1 Å². The normalized spacial score (nSPS) is 14.1. The number of carbonyl (C=O) groups excluding carboxylic acids is 2. The first kappa shape index (κ1) is 31.0. The highest BCUT2D eigenvalue weighted by Gasteiger charge is 2.45. The number of aromatic nitrogens is 1. The van der Waals surface area contributed by atoms with E-state index in [2.05, 4.69) is 9.88 Å². The Hall–Kier alpha value is -3.57. The molecule has 11 heteroatoms. The molecule has 0 fully saturated rings. The number of likely N-dealkylation sites (N-methyl/N-ethyl adjacent to an activating group) is 1. The molecule has 2 aromatic carbocycles. The number of halogens is 1. The summed E-state index contributed by atoms with van der Waals surface area (Å²) in [4.78, 5) is 25.7. The van der Waals surface area contributed by atoms with Crippen molar-refractivity contribution in [1.29, 1.82) is 0 Å². The fourth-order valence-corrected chi connectivity index (χ4v) is 6.33. The molecule has 0 radical (unpaired) electrons. The van der Waals surface area contributed by atoms with Gasteiger partial charge < -0.3 is 10.3 Å². The second-order valence-corrected chi connectivity index (χ2v) is 12.3. The van der Waals surface area contributed by atoms with Crippen LogP contribution in [0.3, 0.4) is 0 Å². The third-order valence-corrected chi connectivity index (χ3v) is 8.64. The molecular weight excluding hydrogens is 535 g/mol. The first-order chi connectivity index (χ1) is 18.7. The molecule has 3 rings (SSSR count).